The maximum absolute atomic E-state index is 13.2. The minimum absolute atomic E-state index is 0.186. The van der Waals surface area contributed by atoms with Crippen molar-refractivity contribution in [3.63, 3.8) is 0 Å². The molecular formula is C29H27N3O5. The van der Waals surface area contributed by atoms with Crippen LogP contribution in [0.25, 0.3) is 6.08 Å². The quantitative estimate of drug-likeness (QED) is 0.349. The van der Waals surface area contributed by atoms with E-state index in [1.807, 2.05) is 37.3 Å². The summed E-state index contributed by atoms with van der Waals surface area (Å²) in [6.07, 6.45) is 1.70. The number of esters is 1. The number of amides is 2. The number of hydrazone groups is 1. The fourth-order valence-corrected chi connectivity index (χ4v) is 3.76. The van der Waals surface area contributed by atoms with Crippen molar-refractivity contribution in [3.05, 3.63) is 95.1 Å². The largest absolute Gasteiger partial charge is 0.483 e. The molecule has 0 radical (unpaired) electrons. The molecule has 8 heteroatoms. The predicted octanol–water partition coefficient (Wildman–Crippen LogP) is 5.00. The topological polar surface area (TPSA) is 97.3 Å². The van der Waals surface area contributed by atoms with Crippen LogP contribution in [0.1, 0.15) is 35.3 Å². The second-order valence-electron chi connectivity index (χ2n) is 8.37. The fourth-order valence-electron chi connectivity index (χ4n) is 3.76. The van der Waals surface area contributed by atoms with Crippen LogP contribution >= 0.6 is 0 Å². The van der Waals surface area contributed by atoms with Crippen molar-refractivity contribution in [2.24, 2.45) is 5.10 Å². The van der Waals surface area contributed by atoms with Gasteiger partial charge < -0.3 is 14.8 Å². The Morgan fingerprint density at radius 1 is 1.00 bits per heavy atom. The summed E-state index contributed by atoms with van der Waals surface area (Å²) >= 11 is 0. The van der Waals surface area contributed by atoms with Gasteiger partial charge in [-0.2, -0.15) is 10.1 Å². The number of nitrogens with one attached hydrogen (secondary N) is 1. The summed E-state index contributed by atoms with van der Waals surface area (Å²) in [4.78, 5) is 37.5. The lowest BCUT2D eigenvalue weighted by Gasteiger charge is -2.13. The maximum Gasteiger partial charge on any atom is 0.338 e. The van der Waals surface area contributed by atoms with Crippen LogP contribution in [-0.2, 0) is 14.3 Å². The third-order valence-electron chi connectivity index (χ3n) is 5.57. The maximum atomic E-state index is 13.2. The highest BCUT2D eigenvalue weighted by atomic mass is 16.5. The molecule has 2 amide bonds. The number of aryl methyl sites for hydroxylation is 1. The third-order valence-corrected chi connectivity index (χ3v) is 5.57. The van der Waals surface area contributed by atoms with Gasteiger partial charge >= 0.3 is 5.97 Å². The van der Waals surface area contributed by atoms with Gasteiger partial charge in [0.15, 0.2) is 6.61 Å². The summed E-state index contributed by atoms with van der Waals surface area (Å²) in [7, 11) is 0. The Labute approximate surface area is 215 Å². The van der Waals surface area contributed by atoms with Gasteiger partial charge in [-0.25, -0.2) is 4.79 Å². The number of carbonyl (C=O) groups excluding carboxylic acids is 3. The van der Waals surface area contributed by atoms with Crippen LogP contribution < -0.4 is 15.1 Å². The molecule has 0 unspecified atom stereocenters. The SMILES string of the molecule is CCOC(=O)c1ccc(N2N=C(C)/C(=C/c3ccccc3OCC(=O)Nc3cccc(C)c3)C2=O)cc1. The molecule has 4 rings (SSSR count). The van der Waals surface area contributed by atoms with E-state index in [4.69, 9.17) is 9.47 Å². The lowest BCUT2D eigenvalue weighted by atomic mass is 10.1. The average molecular weight is 498 g/mol. The van der Waals surface area contributed by atoms with Crippen LogP contribution in [0.3, 0.4) is 0 Å². The molecule has 1 aliphatic heterocycles. The van der Waals surface area contributed by atoms with Crippen molar-refractivity contribution in [2.45, 2.75) is 20.8 Å². The van der Waals surface area contributed by atoms with Crippen molar-refractivity contribution in [1.29, 1.82) is 0 Å². The molecule has 188 valence electrons. The summed E-state index contributed by atoms with van der Waals surface area (Å²) in [5.41, 5.74) is 4.23. The average Bonchev–Trinajstić information content (AvgIpc) is 3.17. The molecule has 1 N–H and O–H groups in total. The van der Waals surface area contributed by atoms with Gasteiger partial charge in [0.05, 0.1) is 29.1 Å². The lowest BCUT2D eigenvalue weighted by Crippen LogP contribution is -2.21. The summed E-state index contributed by atoms with van der Waals surface area (Å²) in [6.45, 7) is 5.53. The standard InChI is InChI=1S/C29H27N3O5/c1-4-36-29(35)21-12-14-24(15-13-21)32-28(34)25(20(3)31-32)17-22-9-5-6-11-26(22)37-18-27(33)30-23-10-7-8-19(2)16-23/h5-17H,4,18H2,1-3H3,(H,30,33)/b25-17-. The molecule has 0 bridgehead atoms. The van der Waals surface area contributed by atoms with Crippen molar-refractivity contribution in [1.82, 2.24) is 0 Å². The Balaban J connectivity index is 1.47. The number of rotatable bonds is 8. The van der Waals surface area contributed by atoms with Crippen LogP contribution in [0.4, 0.5) is 11.4 Å². The first-order valence-electron chi connectivity index (χ1n) is 11.8. The number of hydrogen-bond acceptors (Lipinski definition) is 6. The Morgan fingerprint density at radius 3 is 2.49 bits per heavy atom. The second kappa shape index (κ2) is 11.3. The Morgan fingerprint density at radius 2 is 1.76 bits per heavy atom. The summed E-state index contributed by atoms with van der Waals surface area (Å²) in [5, 5.41) is 8.50. The van der Waals surface area contributed by atoms with E-state index in [1.165, 1.54) is 5.01 Å². The molecule has 0 saturated carbocycles. The molecule has 8 nitrogen and oxygen atoms in total. The zero-order chi connectivity index (χ0) is 26.4. The zero-order valence-electron chi connectivity index (χ0n) is 20.9. The van der Waals surface area contributed by atoms with Gasteiger partial charge in [0, 0.05) is 11.3 Å². The molecule has 37 heavy (non-hydrogen) atoms. The van der Waals surface area contributed by atoms with E-state index >= 15 is 0 Å². The molecule has 0 spiro atoms. The molecule has 3 aromatic rings. The molecule has 3 aromatic carbocycles. The highest BCUT2D eigenvalue weighted by Crippen LogP contribution is 2.28. The first-order valence-corrected chi connectivity index (χ1v) is 11.8. The first kappa shape index (κ1) is 25.4. The Hall–Kier alpha value is -4.72. The van der Waals surface area contributed by atoms with Crippen LogP contribution in [0, 0.1) is 6.92 Å². The fraction of sp³-hybridized carbons (Fsp3) is 0.172. The number of hydrogen-bond donors (Lipinski definition) is 1. The Bertz CT molecular complexity index is 1390. The molecule has 0 aliphatic carbocycles. The van der Waals surface area contributed by atoms with Crippen LogP contribution in [0.15, 0.2) is 83.5 Å². The van der Waals surface area contributed by atoms with Crippen molar-refractivity contribution in [2.75, 3.05) is 23.5 Å². The van der Waals surface area contributed by atoms with Crippen molar-refractivity contribution >= 4 is 40.9 Å². The van der Waals surface area contributed by atoms with E-state index in [-0.39, 0.29) is 25.0 Å². The van der Waals surface area contributed by atoms with Gasteiger partial charge in [0.2, 0.25) is 0 Å². The van der Waals surface area contributed by atoms with E-state index in [0.29, 0.717) is 39.5 Å². The number of para-hydroxylation sites is 1. The van der Waals surface area contributed by atoms with Crippen molar-refractivity contribution in [3.8, 4) is 5.75 Å². The molecule has 1 aliphatic rings. The monoisotopic (exact) mass is 497 g/mol. The van der Waals surface area contributed by atoms with Gasteiger partial charge in [-0.1, -0.05) is 30.3 Å². The zero-order valence-corrected chi connectivity index (χ0v) is 20.9. The van der Waals surface area contributed by atoms with Gasteiger partial charge in [-0.05, 0) is 74.9 Å². The molecule has 1 heterocycles. The van der Waals surface area contributed by atoms with E-state index in [2.05, 4.69) is 10.4 Å². The smallest absolute Gasteiger partial charge is 0.338 e. The number of anilines is 2. The van der Waals surface area contributed by atoms with E-state index < -0.39 is 5.97 Å². The normalized spacial score (nSPS) is 13.9. The predicted molar refractivity (Wildman–Crippen MR) is 143 cm³/mol. The Kier molecular flexibility index (Phi) is 7.78. The van der Waals surface area contributed by atoms with E-state index in [1.54, 1.807) is 62.4 Å². The highest BCUT2D eigenvalue weighted by molar-refractivity contribution is 6.32. The molecule has 0 aromatic heterocycles. The van der Waals surface area contributed by atoms with Gasteiger partial charge in [0.25, 0.3) is 11.8 Å². The van der Waals surface area contributed by atoms with E-state index in [9.17, 15) is 14.4 Å². The number of carbonyl (C=O) groups is 3. The minimum Gasteiger partial charge on any atom is -0.483 e. The van der Waals surface area contributed by atoms with Crippen LogP contribution in [-0.4, -0.2) is 36.7 Å². The van der Waals surface area contributed by atoms with Gasteiger partial charge in [-0.15, -0.1) is 0 Å². The van der Waals surface area contributed by atoms with Gasteiger partial charge in [-0.3, -0.25) is 9.59 Å². The van der Waals surface area contributed by atoms with E-state index in [0.717, 1.165) is 5.56 Å². The molecular weight excluding hydrogens is 470 g/mol. The summed E-state index contributed by atoms with van der Waals surface area (Å²) in [6, 6.07) is 21.2. The first-order chi connectivity index (χ1) is 17.9. The number of benzene rings is 3. The molecule has 0 saturated heterocycles. The van der Waals surface area contributed by atoms with Crippen LogP contribution in [0.2, 0.25) is 0 Å². The van der Waals surface area contributed by atoms with Crippen molar-refractivity contribution < 1.29 is 23.9 Å². The lowest BCUT2D eigenvalue weighted by molar-refractivity contribution is -0.118. The number of ether oxygens (including phenoxy) is 2. The second-order valence-corrected chi connectivity index (χ2v) is 8.37. The summed E-state index contributed by atoms with van der Waals surface area (Å²) < 4.78 is 10.8. The van der Waals surface area contributed by atoms with Gasteiger partial charge in [0.1, 0.15) is 5.75 Å². The minimum atomic E-state index is -0.425. The molecule has 0 atom stereocenters. The summed E-state index contributed by atoms with van der Waals surface area (Å²) in [5.74, 6) is -0.563. The highest BCUT2D eigenvalue weighted by Gasteiger charge is 2.29. The molecule has 0 fully saturated rings. The van der Waals surface area contributed by atoms with Crippen LogP contribution in [0.5, 0.6) is 5.75 Å². The number of nitrogens with zero attached hydrogens (tertiary/aromatic N) is 2. The third kappa shape index (κ3) is 6.10.